The smallest absolute Gasteiger partial charge is 0.267 e. The molecular formula is C8H7ClF3NO. The zero-order chi connectivity index (χ0) is 10.7. The largest absolute Gasteiger partial charge is 0.390 e. The van der Waals surface area contributed by atoms with Crippen molar-refractivity contribution in [2.24, 2.45) is 0 Å². The monoisotopic (exact) mass is 225 g/mol. The Hall–Kier alpha value is -0.810. The Balaban J connectivity index is 3.31. The summed E-state index contributed by atoms with van der Waals surface area (Å²) in [6, 6.07) is 0. The van der Waals surface area contributed by atoms with Crippen molar-refractivity contribution in [3.63, 3.8) is 0 Å². The zero-order valence-corrected chi connectivity index (χ0v) is 7.73. The van der Waals surface area contributed by atoms with Crippen LogP contribution >= 0.6 is 11.6 Å². The van der Waals surface area contributed by atoms with Crippen LogP contribution in [0.15, 0.2) is 6.20 Å². The molecule has 0 radical (unpaired) electrons. The molecule has 0 saturated carbocycles. The molecule has 0 aromatic carbocycles. The lowest BCUT2D eigenvalue weighted by atomic mass is 10.1. The first-order valence-electron chi connectivity index (χ1n) is 3.73. The van der Waals surface area contributed by atoms with E-state index in [0.29, 0.717) is 0 Å². The van der Waals surface area contributed by atoms with E-state index in [1.807, 2.05) is 0 Å². The molecule has 1 N–H and O–H groups in total. The van der Waals surface area contributed by atoms with E-state index < -0.39 is 30.1 Å². The number of pyridine rings is 1. The van der Waals surface area contributed by atoms with Gasteiger partial charge in [0.1, 0.15) is 5.69 Å². The molecule has 14 heavy (non-hydrogen) atoms. The van der Waals surface area contributed by atoms with E-state index in [2.05, 4.69) is 4.98 Å². The number of alkyl halides is 3. The second-order valence-electron chi connectivity index (χ2n) is 2.55. The van der Waals surface area contributed by atoms with Gasteiger partial charge >= 0.3 is 0 Å². The highest BCUT2D eigenvalue weighted by Crippen LogP contribution is 2.27. The van der Waals surface area contributed by atoms with Crippen molar-refractivity contribution in [3.8, 4) is 0 Å². The molecule has 1 aromatic rings. The van der Waals surface area contributed by atoms with Gasteiger partial charge < -0.3 is 5.11 Å². The summed E-state index contributed by atoms with van der Waals surface area (Å²) < 4.78 is 38.0. The molecule has 0 atom stereocenters. The van der Waals surface area contributed by atoms with Crippen molar-refractivity contribution >= 4 is 11.6 Å². The molecule has 0 bridgehead atoms. The van der Waals surface area contributed by atoms with Gasteiger partial charge in [0.05, 0.1) is 12.2 Å². The molecule has 2 nitrogen and oxygen atoms in total. The van der Waals surface area contributed by atoms with Crippen LogP contribution in [0.3, 0.4) is 0 Å². The number of hydrogen-bond acceptors (Lipinski definition) is 2. The molecule has 1 aromatic heterocycles. The first kappa shape index (κ1) is 11.3. The molecule has 1 rings (SSSR count). The standard InChI is InChI=1S/C8H7ClF3NO/c9-1-4-2-13-5(3-14)7(10)6(4)8(11)12/h2,8,14H,1,3H2. The number of aromatic nitrogens is 1. The van der Waals surface area contributed by atoms with Gasteiger partial charge in [-0.25, -0.2) is 13.2 Å². The maximum absolute atomic E-state index is 13.2. The van der Waals surface area contributed by atoms with E-state index in [0.717, 1.165) is 6.20 Å². The molecule has 0 aliphatic rings. The van der Waals surface area contributed by atoms with Crippen LogP contribution in [-0.4, -0.2) is 10.1 Å². The van der Waals surface area contributed by atoms with Gasteiger partial charge in [-0.1, -0.05) is 0 Å². The Morgan fingerprint density at radius 2 is 2.14 bits per heavy atom. The molecule has 0 amide bonds. The Morgan fingerprint density at radius 3 is 2.57 bits per heavy atom. The fourth-order valence-electron chi connectivity index (χ4n) is 1.03. The predicted octanol–water partition coefficient (Wildman–Crippen LogP) is 2.39. The summed E-state index contributed by atoms with van der Waals surface area (Å²) in [5.74, 6) is -1.42. The fraction of sp³-hybridized carbons (Fsp3) is 0.375. The average molecular weight is 226 g/mol. The van der Waals surface area contributed by atoms with Gasteiger partial charge in [0.25, 0.3) is 6.43 Å². The van der Waals surface area contributed by atoms with Gasteiger partial charge in [-0.3, -0.25) is 4.98 Å². The fourth-order valence-corrected chi connectivity index (χ4v) is 1.24. The summed E-state index contributed by atoms with van der Waals surface area (Å²) in [6.45, 7) is -0.714. The van der Waals surface area contributed by atoms with Gasteiger partial charge in [0.15, 0.2) is 5.82 Å². The molecule has 0 aliphatic heterocycles. The van der Waals surface area contributed by atoms with Gasteiger partial charge in [0.2, 0.25) is 0 Å². The van der Waals surface area contributed by atoms with Crippen LogP contribution in [0.2, 0.25) is 0 Å². The highest BCUT2D eigenvalue weighted by Gasteiger charge is 2.21. The lowest BCUT2D eigenvalue weighted by Crippen LogP contribution is -2.04. The topological polar surface area (TPSA) is 33.1 Å². The Morgan fingerprint density at radius 1 is 1.50 bits per heavy atom. The Labute approximate surface area is 83.3 Å². The van der Waals surface area contributed by atoms with Crippen LogP contribution in [0.1, 0.15) is 23.2 Å². The third-order valence-corrected chi connectivity index (χ3v) is 2.01. The number of rotatable bonds is 3. The van der Waals surface area contributed by atoms with Crippen molar-refractivity contribution in [3.05, 3.63) is 28.8 Å². The molecular weight excluding hydrogens is 219 g/mol. The molecule has 0 fully saturated rings. The van der Waals surface area contributed by atoms with Crippen LogP contribution in [-0.2, 0) is 12.5 Å². The minimum absolute atomic E-state index is 0.0589. The SMILES string of the molecule is OCc1ncc(CCl)c(C(F)F)c1F. The molecule has 78 valence electrons. The summed E-state index contributed by atoms with van der Waals surface area (Å²) in [5, 5.41) is 8.61. The van der Waals surface area contributed by atoms with Crippen LogP contribution in [0.4, 0.5) is 13.2 Å². The second-order valence-corrected chi connectivity index (χ2v) is 2.82. The molecule has 0 unspecified atom stereocenters. The predicted molar refractivity (Wildman–Crippen MR) is 44.6 cm³/mol. The van der Waals surface area contributed by atoms with Crippen molar-refractivity contribution in [1.29, 1.82) is 0 Å². The lowest BCUT2D eigenvalue weighted by molar-refractivity contribution is 0.144. The minimum Gasteiger partial charge on any atom is -0.390 e. The maximum atomic E-state index is 13.2. The zero-order valence-electron chi connectivity index (χ0n) is 6.98. The summed E-state index contributed by atoms with van der Waals surface area (Å²) in [4.78, 5) is 3.47. The first-order valence-corrected chi connectivity index (χ1v) is 4.26. The summed E-state index contributed by atoms with van der Waals surface area (Å²) in [7, 11) is 0. The normalized spacial score (nSPS) is 11.0. The van der Waals surface area contributed by atoms with Gasteiger partial charge in [-0.2, -0.15) is 0 Å². The van der Waals surface area contributed by atoms with E-state index in [9.17, 15) is 13.2 Å². The van der Waals surface area contributed by atoms with Crippen LogP contribution in [0, 0.1) is 5.82 Å². The van der Waals surface area contributed by atoms with E-state index in [1.165, 1.54) is 0 Å². The van der Waals surface area contributed by atoms with E-state index in [-0.39, 0.29) is 11.4 Å². The Kier molecular flexibility index (Phi) is 3.71. The third kappa shape index (κ3) is 1.99. The third-order valence-electron chi connectivity index (χ3n) is 1.72. The van der Waals surface area contributed by atoms with E-state index >= 15 is 0 Å². The molecule has 1 heterocycles. The Bertz CT molecular complexity index is 333. The second kappa shape index (κ2) is 4.61. The summed E-state index contributed by atoms with van der Waals surface area (Å²) in [6.07, 6.45) is -1.92. The van der Waals surface area contributed by atoms with Crippen LogP contribution in [0.25, 0.3) is 0 Å². The molecule has 6 heteroatoms. The minimum atomic E-state index is -2.96. The average Bonchev–Trinajstić information content (AvgIpc) is 2.16. The quantitative estimate of drug-likeness (QED) is 0.802. The van der Waals surface area contributed by atoms with E-state index in [4.69, 9.17) is 16.7 Å². The van der Waals surface area contributed by atoms with Crippen molar-refractivity contribution < 1.29 is 18.3 Å². The van der Waals surface area contributed by atoms with Crippen molar-refractivity contribution in [1.82, 2.24) is 4.98 Å². The highest BCUT2D eigenvalue weighted by atomic mass is 35.5. The molecule has 0 saturated heterocycles. The summed E-state index contributed by atoms with van der Waals surface area (Å²) in [5.41, 5.74) is -1.23. The highest BCUT2D eigenvalue weighted by molar-refractivity contribution is 6.17. The number of halogens is 4. The molecule has 0 spiro atoms. The summed E-state index contributed by atoms with van der Waals surface area (Å²) >= 11 is 5.34. The number of aliphatic hydroxyl groups excluding tert-OH is 1. The van der Waals surface area contributed by atoms with E-state index in [1.54, 1.807) is 0 Å². The number of hydrogen-bond donors (Lipinski definition) is 1. The van der Waals surface area contributed by atoms with Crippen molar-refractivity contribution in [2.45, 2.75) is 18.9 Å². The maximum Gasteiger partial charge on any atom is 0.267 e. The van der Waals surface area contributed by atoms with Crippen LogP contribution < -0.4 is 0 Å². The molecule has 0 aliphatic carbocycles. The first-order chi connectivity index (χ1) is 6.61. The van der Waals surface area contributed by atoms with Gasteiger partial charge in [-0.15, -0.1) is 11.6 Å². The van der Waals surface area contributed by atoms with Gasteiger partial charge in [0, 0.05) is 12.1 Å². The van der Waals surface area contributed by atoms with Crippen molar-refractivity contribution in [2.75, 3.05) is 0 Å². The number of nitrogens with zero attached hydrogens (tertiary/aromatic N) is 1. The van der Waals surface area contributed by atoms with Crippen LogP contribution in [0.5, 0.6) is 0 Å². The number of aliphatic hydroxyl groups is 1. The van der Waals surface area contributed by atoms with Gasteiger partial charge in [-0.05, 0) is 5.56 Å². The lowest BCUT2D eigenvalue weighted by Gasteiger charge is -2.09.